The summed E-state index contributed by atoms with van der Waals surface area (Å²) in [7, 11) is 0. The van der Waals surface area contributed by atoms with E-state index in [0.717, 1.165) is 31.4 Å². The fourth-order valence-electron chi connectivity index (χ4n) is 2.11. The average molecular weight is 295 g/mol. The molecule has 0 saturated heterocycles. The zero-order valence-electron chi connectivity index (χ0n) is 9.22. The fraction of sp³-hybridized carbons (Fsp3) is 0.500. The van der Waals surface area contributed by atoms with E-state index in [1.165, 1.54) is 0 Å². The lowest BCUT2D eigenvalue weighted by molar-refractivity contribution is 0.116. The number of halogens is 3. The molecule has 0 bridgehead atoms. The van der Waals surface area contributed by atoms with Crippen molar-refractivity contribution in [1.82, 2.24) is 0 Å². The number of aliphatic hydroxyl groups excluding tert-OH is 1. The summed E-state index contributed by atoms with van der Waals surface area (Å²) in [5.41, 5.74) is 0.729. The van der Waals surface area contributed by atoms with Crippen LogP contribution in [0.5, 0.6) is 0 Å². The normalized spacial score (nSPS) is 24.7. The smallest absolute Gasteiger partial charge is 0.0741 e. The van der Waals surface area contributed by atoms with E-state index in [2.05, 4.69) is 5.32 Å². The number of aliphatic hydroxyl groups is 1. The van der Waals surface area contributed by atoms with E-state index < -0.39 is 0 Å². The first kappa shape index (κ1) is 13.3. The third-order valence-electron chi connectivity index (χ3n) is 3.08. The minimum Gasteiger partial charge on any atom is -0.391 e. The lowest BCUT2D eigenvalue weighted by Gasteiger charge is -2.29. The van der Waals surface area contributed by atoms with Gasteiger partial charge >= 0.3 is 0 Å². The Balaban J connectivity index is 2.15. The number of benzene rings is 1. The van der Waals surface area contributed by atoms with Gasteiger partial charge in [0.1, 0.15) is 0 Å². The van der Waals surface area contributed by atoms with Crippen LogP contribution >= 0.6 is 34.8 Å². The third kappa shape index (κ3) is 3.19. The maximum Gasteiger partial charge on any atom is 0.0741 e. The van der Waals surface area contributed by atoms with Gasteiger partial charge in [-0.25, -0.2) is 0 Å². The molecule has 1 saturated carbocycles. The summed E-state index contributed by atoms with van der Waals surface area (Å²) in [5, 5.41) is 14.5. The fourth-order valence-corrected chi connectivity index (χ4v) is 2.71. The van der Waals surface area contributed by atoms with Crippen molar-refractivity contribution in [2.24, 2.45) is 0 Å². The van der Waals surface area contributed by atoms with E-state index in [4.69, 9.17) is 34.8 Å². The highest BCUT2D eigenvalue weighted by Crippen LogP contribution is 2.33. The highest BCUT2D eigenvalue weighted by atomic mass is 35.5. The molecule has 17 heavy (non-hydrogen) atoms. The summed E-state index contributed by atoms with van der Waals surface area (Å²) in [6.45, 7) is 0. The van der Waals surface area contributed by atoms with Gasteiger partial charge in [-0.3, -0.25) is 0 Å². The molecule has 0 aliphatic heterocycles. The molecule has 1 aromatic carbocycles. The molecule has 0 radical (unpaired) electrons. The van der Waals surface area contributed by atoms with E-state index >= 15 is 0 Å². The van der Waals surface area contributed by atoms with Gasteiger partial charge in [-0.1, -0.05) is 47.6 Å². The summed E-state index contributed by atoms with van der Waals surface area (Å²) >= 11 is 17.9. The van der Waals surface area contributed by atoms with Crippen molar-refractivity contribution in [1.29, 1.82) is 0 Å². The van der Waals surface area contributed by atoms with Gasteiger partial charge in [0.25, 0.3) is 0 Å². The van der Waals surface area contributed by atoms with Crippen LogP contribution in [0.2, 0.25) is 15.1 Å². The molecule has 0 aromatic heterocycles. The van der Waals surface area contributed by atoms with Crippen LogP contribution < -0.4 is 5.32 Å². The molecule has 2 atom stereocenters. The second kappa shape index (κ2) is 5.66. The van der Waals surface area contributed by atoms with E-state index in [0.29, 0.717) is 15.1 Å². The SMILES string of the molecule is O[C@@H]1CCCC[C@H]1Nc1cc(Cl)c(Cl)cc1Cl. The zero-order valence-corrected chi connectivity index (χ0v) is 11.5. The lowest BCUT2D eigenvalue weighted by atomic mass is 9.92. The molecule has 1 aromatic rings. The number of hydrogen-bond donors (Lipinski definition) is 2. The first-order valence-corrected chi connectivity index (χ1v) is 6.80. The molecular weight excluding hydrogens is 280 g/mol. The summed E-state index contributed by atoms with van der Waals surface area (Å²) in [6, 6.07) is 3.36. The summed E-state index contributed by atoms with van der Waals surface area (Å²) < 4.78 is 0. The summed E-state index contributed by atoms with van der Waals surface area (Å²) in [4.78, 5) is 0. The number of rotatable bonds is 2. The predicted octanol–water partition coefficient (Wildman–Crippen LogP) is 4.36. The zero-order chi connectivity index (χ0) is 12.4. The topological polar surface area (TPSA) is 32.3 Å². The molecule has 1 aliphatic rings. The minimum absolute atomic E-state index is 0.0403. The Morgan fingerprint density at radius 3 is 2.35 bits per heavy atom. The van der Waals surface area contributed by atoms with Crippen molar-refractivity contribution in [2.75, 3.05) is 5.32 Å². The predicted molar refractivity (Wildman–Crippen MR) is 73.4 cm³/mol. The van der Waals surface area contributed by atoms with Crippen LogP contribution in [0.25, 0.3) is 0 Å². The van der Waals surface area contributed by atoms with E-state index in [1.807, 2.05) is 0 Å². The van der Waals surface area contributed by atoms with Gasteiger partial charge < -0.3 is 10.4 Å². The first-order valence-electron chi connectivity index (χ1n) is 5.67. The Morgan fingerprint density at radius 2 is 1.65 bits per heavy atom. The van der Waals surface area contributed by atoms with Crippen LogP contribution in [-0.2, 0) is 0 Å². The van der Waals surface area contributed by atoms with Crippen LogP contribution in [-0.4, -0.2) is 17.3 Å². The van der Waals surface area contributed by atoms with E-state index in [-0.39, 0.29) is 12.1 Å². The minimum atomic E-state index is -0.325. The van der Waals surface area contributed by atoms with Crippen LogP contribution in [0, 0.1) is 0 Å². The van der Waals surface area contributed by atoms with Crippen molar-refractivity contribution in [3.8, 4) is 0 Å². The van der Waals surface area contributed by atoms with Gasteiger partial charge in [0.05, 0.1) is 32.9 Å². The molecule has 2 N–H and O–H groups in total. The monoisotopic (exact) mass is 293 g/mol. The second-order valence-electron chi connectivity index (χ2n) is 4.35. The summed E-state index contributed by atoms with van der Waals surface area (Å²) in [6.07, 6.45) is 3.64. The molecule has 0 amide bonds. The van der Waals surface area contributed by atoms with Gasteiger partial charge in [0, 0.05) is 0 Å². The third-order valence-corrected chi connectivity index (χ3v) is 4.12. The van der Waals surface area contributed by atoms with E-state index in [9.17, 15) is 5.11 Å². The molecule has 1 fully saturated rings. The van der Waals surface area contributed by atoms with Crippen LogP contribution in [0.3, 0.4) is 0 Å². The van der Waals surface area contributed by atoms with Crippen molar-refractivity contribution in [2.45, 2.75) is 37.8 Å². The summed E-state index contributed by atoms with van der Waals surface area (Å²) in [5.74, 6) is 0. The molecule has 1 aliphatic carbocycles. The maximum absolute atomic E-state index is 9.88. The van der Waals surface area contributed by atoms with Crippen LogP contribution in [0.1, 0.15) is 25.7 Å². The second-order valence-corrected chi connectivity index (χ2v) is 5.57. The molecule has 2 nitrogen and oxygen atoms in total. The molecule has 0 heterocycles. The molecule has 0 unspecified atom stereocenters. The standard InChI is InChI=1S/C12H14Cl3NO/c13-7-5-9(15)11(6-8(7)14)16-10-3-1-2-4-12(10)17/h5-6,10,12,16-17H,1-4H2/t10-,12-/m1/s1. The van der Waals surface area contributed by atoms with Gasteiger partial charge in [-0.15, -0.1) is 0 Å². The lowest BCUT2D eigenvalue weighted by Crippen LogP contribution is -2.36. The first-order chi connectivity index (χ1) is 8.08. The van der Waals surface area contributed by atoms with Crippen molar-refractivity contribution in [3.63, 3.8) is 0 Å². The largest absolute Gasteiger partial charge is 0.391 e. The number of hydrogen-bond acceptors (Lipinski definition) is 2. The quantitative estimate of drug-likeness (QED) is 0.794. The van der Waals surface area contributed by atoms with Crippen molar-refractivity contribution in [3.05, 3.63) is 27.2 Å². The van der Waals surface area contributed by atoms with Gasteiger partial charge in [-0.05, 0) is 25.0 Å². The Bertz CT molecular complexity index is 411. The van der Waals surface area contributed by atoms with Crippen molar-refractivity contribution < 1.29 is 5.11 Å². The average Bonchev–Trinajstić information content (AvgIpc) is 2.29. The maximum atomic E-state index is 9.88. The highest BCUT2D eigenvalue weighted by Gasteiger charge is 2.23. The number of nitrogens with one attached hydrogen (secondary N) is 1. The van der Waals surface area contributed by atoms with Gasteiger partial charge in [0.2, 0.25) is 0 Å². The molecule has 94 valence electrons. The van der Waals surface area contributed by atoms with E-state index in [1.54, 1.807) is 12.1 Å². The highest BCUT2D eigenvalue weighted by molar-refractivity contribution is 6.44. The molecular formula is C12H14Cl3NO. The van der Waals surface area contributed by atoms with Crippen LogP contribution in [0.4, 0.5) is 5.69 Å². The Hall–Kier alpha value is -0.150. The van der Waals surface area contributed by atoms with Gasteiger partial charge in [0.15, 0.2) is 0 Å². The molecule has 5 heteroatoms. The van der Waals surface area contributed by atoms with Crippen LogP contribution in [0.15, 0.2) is 12.1 Å². The Morgan fingerprint density at radius 1 is 1.00 bits per heavy atom. The Kier molecular flexibility index (Phi) is 4.42. The Labute approximate surface area is 116 Å². The van der Waals surface area contributed by atoms with Crippen molar-refractivity contribution >= 4 is 40.5 Å². The molecule has 2 rings (SSSR count). The number of anilines is 1. The van der Waals surface area contributed by atoms with Gasteiger partial charge in [-0.2, -0.15) is 0 Å². The molecule has 0 spiro atoms.